The molecule has 0 saturated heterocycles. The van der Waals surface area contributed by atoms with Crippen LogP contribution >= 0.6 is 15.9 Å². The van der Waals surface area contributed by atoms with E-state index in [-0.39, 0.29) is 5.91 Å². The highest BCUT2D eigenvalue weighted by molar-refractivity contribution is 9.09. The molecule has 2 N–H and O–H groups in total. The molecule has 0 bridgehead atoms. The molecule has 3 rings (SSSR count). The van der Waals surface area contributed by atoms with Gasteiger partial charge in [-0.25, -0.2) is 0 Å². The molecule has 0 atom stereocenters. The number of alkyl halides is 1. The minimum absolute atomic E-state index is 0.0529. The van der Waals surface area contributed by atoms with Crippen molar-refractivity contribution in [2.45, 2.75) is 38.5 Å². The minimum Gasteiger partial charge on any atom is -0.384 e. The summed E-state index contributed by atoms with van der Waals surface area (Å²) in [5.74, 6) is 0.0529. The quantitative estimate of drug-likeness (QED) is 0.558. The second kappa shape index (κ2) is 8.47. The van der Waals surface area contributed by atoms with Crippen molar-refractivity contribution in [2.75, 3.05) is 23.7 Å². The molecule has 0 unspecified atom stereocenters. The summed E-state index contributed by atoms with van der Waals surface area (Å²) < 4.78 is 0. The minimum atomic E-state index is 0.0529. The lowest BCUT2D eigenvalue weighted by molar-refractivity contribution is -0.118. The van der Waals surface area contributed by atoms with E-state index in [1.54, 1.807) is 0 Å². The molecular weight excluding hydrogens is 366 g/mol. The lowest BCUT2D eigenvalue weighted by Gasteiger charge is -2.21. The second-order valence-corrected chi connectivity index (χ2v) is 6.81. The van der Waals surface area contributed by atoms with Gasteiger partial charge in [0.05, 0.1) is 10.8 Å². The molecule has 0 aliphatic heterocycles. The number of nitrogens with one attached hydrogen (secondary N) is 2. The maximum Gasteiger partial charge on any atom is 0.230 e. The Kier molecular flexibility index (Phi) is 6.07. The van der Waals surface area contributed by atoms with Crippen LogP contribution in [0.1, 0.15) is 36.9 Å². The summed E-state index contributed by atoms with van der Waals surface area (Å²) in [6.07, 6.45) is 6.72. The lowest BCUT2D eigenvalue weighted by atomic mass is 9.92. The maximum atomic E-state index is 11.2. The van der Waals surface area contributed by atoms with Crippen molar-refractivity contribution in [3.8, 4) is 0 Å². The van der Waals surface area contributed by atoms with Crippen molar-refractivity contribution < 1.29 is 4.79 Å². The van der Waals surface area contributed by atoms with Gasteiger partial charge in [0.25, 0.3) is 0 Å². The van der Waals surface area contributed by atoms with Crippen LogP contribution in [-0.4, -0.2) is 29.3 Å². The first kappa shape index (κ1) is 17.2. The van der Waals surface area contributed by atoms with Crippen molar-refractivity contribution in [3.05, 3.63) is 35.5 Å². The van der Waals surface area contributed by atoms with E-state index in [2.05, 4.69) is 50.8 Å². The predicted molar refractivity (Wildman–Crippen MR) is 103 cm³/mol. The van der Waals surface area contributed by atoms with Crippen LogP contribution in [0.15, 0.2) is 24.3 Å². The summed E-state index contributed by atoms with van der Waals surface area (Å²) in [5.41, 5.74) is 5.05. The molecule has 4 nitrogen and oxygen atoms in total. The first-order valence-corrected chi connectivity index (χ1v) is 9.89. The Hall–Kier alpha value is -1.62. The number of unbranched alkanes of at least 4 members (excludes halogenated alkanes) is 1. The van der Waals surface area contributed by atoms with Gasteiger partial charge in [-0.3, -0.25) is 9.78 Å². The molecule has 0 fully saturated rings. The number of hydrogen-bond acceptors (Lipinski definition) is 3. The van der Waals surface area contributed by atoms with Crippen molar-refractivity contribution in [2.24, 2.45) is 0 Å². The van der Waals surface area contributed by atoms with Gasteiger partial charge in [-0.2, -0.15) is 0 Å². The maximum absolute atomic E-state index is 11.2. The molecule has 1 aliphatic carbocycles. The number of para-hydroxylation sites is 1. The fourth-order valence-corrected chi connectivity index (χ4v) is 3.51. The molecule has 5 heteroatoms. The summed E-state index contributed by atoms with van der Waals surface area (Å²) in [4.78, 5) is 16.1. The number of carbonyl (C=O) groups excluding carboxylic acids is 1. The van der Waals surface area contributed by atoms with Crippen molar-refractivity contribution in [3.63, 3.8) is 0 Å². The number of aryl methyl sites for hydroxylation is 1. The van der Waals surface area contributed by atoms with Crippen LogP contribution < -0.4 is 10.6 Å². The number of halogens is 1. The number of amides is 1. The molecule has 0 spiro atoms. The van der Waals surface area contributed by atoms with E-state index in [9.17, 15) is 4.79 Å². The summed E-state index contributed by atoms with van der Waals surface area (Å²) >= 11 is 3.16. The molecule has 0 radical (unpaired) electrons. The van der Waals surface area contributed by atoms with Gasteiger partial charge < -0.3 is 10.6 Å². The van der Waals surface area contributed by atoms with Crippen LogP contribution in [0.25, 0.3) is 10.9 Å². The van der Waals surface area contributed by atoms with Crippen LogP contribution in [0.5, 0.6) is 0 Å². The molecule has 0 saturated carbocycles. The highest BCUT2D eigenvalue weighted by Gasteiger charge is 2.17. The number of carbonyl (C=O) groups is 1. The monoisotopic (exact) mass is 389 g/mol. The van der Waals surface area contributed by atoms with Crippen LogP contribution in [-0.2, 0) is 17.6 Å². The lowest BCUT2D eigenvalue weighted by Crippen LogP contribution is -2.25. The third kappa shape index (κ3) is 4.07. The van der Waals surface area contributed by atoms with Crippen LogP contribution in [0.3, 0.4) is 0 Å². The predicted octanol–water partition coefficient (Wildman–Crippen LogP) is 3.82. The van der Waals surface area contributed by atoms with Gasteiger partial charge in [0, 0.05) is 29.9 Å². The van der Waals surface area contributed by atoms with Crippen molar-refractivity contribution >= 4 is 38.4 Å². The summed E-state index contributed by atoms with van der Waals surface area (Å²) in [6.45, 7) is 1.66. The van der Waals surface area contributed by atoms with Crippen molar-refractivity contribution in [1.82, 2.24) is 10.3 Å². The molecule has 24 heavy (non-hydrogen) atoms. The number of aromatic nitrogens is 1. The van der Waals surface area contributed by atoms with Gasteiger partial charge in [-0.05, 0) is 50.2 Å². The normalized spacial score (nSPS) is 13.5. The third-order valence-corrected chi connectivity index (χ3v) is 5.03. The number of pyridine rings is 1. The number of benzene rings is 1. The largest absolute Gasteiger partial charge is 0.384 e. The van der Waals surface area contributed by atoms with E-state index >= 15 is 0 Å². The highest BCUT2D eigenvalue weighted by atomic mass is 79.9. The number of rotatable bonds is 7. The zero-order chi connectivity index (χ0) is 16.8. The van der Waals surface area contributed by atoms with Gasteiger partial charge in [-0.1, -0.05) is 34.1 Å². The SMILES string of the molecule is O=C(CBr)NCCCCNc1c2c(nc3ccccc13)CCCC2. The number of anilines is 1. The van der Waals surface area contributed by atoms with E-state index in [1.807, 2.05) is 0 Å². The topological polar surface area (TPSA) is 54.0 Å². The number of hydrogen-bond donors (Lipinski definition) is 2. The van der Waals surface area contributed by atoms with Gasteiger partial charge in [0.2, 0.25) is 5.91 Å². The van der Waals surface area contributed by atoms with Gasteiger partial charge in [-0.15, -0.1) is 0 Å². The average molecular weight is 390 g/mol. The van der Waals surface area contributed by atoms with Crippen molar-refractivity contribution in [1.29, 1.82) is 0 Å². The van der Waals surface area contributed by atoms with Crippen LogP contribution in [0.2, 0.25) is 0 Å². The molecule has 2 aromatic rings. The summed E-state index contributed by atoms with van der Waals surface area (Å²) in [7, 11) is 0. The highest BCUT2D eigenvalue weighted by Crippen LogP contribution is 2.33. The second-order valence-electron chi connectivity index (χ2n) is 6.25. The fourth-order valence-electron chi connectivity index (χ4n) is 3.31. The van der Waals surface area contributed by atoms with Gasteiger partial charge in [0.1, 0.15) is 0 Å². The smallest absolute Gasteiger partial charge is 0.230 e. The first-order chi connectivity index (χ1) is 11.8. The number of nitrogens with zero attached hydrogens (tertiary/aromatic N) is 1. The Labute approximate surface area is 151 Å². The van der Waals surface area contributed by atoms with E-state index in [0.717, 1.165) is 44.3 Å². The zero-order valence-electron chi connectivity index (χ0n) is 13.9. The molecular formula is C19H24BrN3O. The first-order valence-electron chi connectivity index (χ1n) is 8.76. The molecule has 1 amide bonds. The summed E-state index contributed by atoms with van der Waals surface area (Å²) in [5, 5.41) is 8.15. The van der Waals surface area contributed by atoms with Crippen LogP contribution in [0.4, 0.5) is 5.69 Å². The molecule has 1 aromatic carbocycles. The molecule has 128 valence electrons. The Morgan fingerprint density at radius 2 is 1.92 bits per heavy atom. The average Bonchev–Trinajstić information content (AvgIpc) is 2.63. The third-order valence-electron chi connectivity index (χ3n) is 4.52. The molecule has 1 heterocycles. The van der Waals surface area contributed by atoms with E-state index < -0.39 is 0 Å². The number of fused-ring (bicyclic) bond motifs is 2. The van der Waals surface area contributed by atoms with Gasteiger partial charge in [0.15, 0.2) is 0 Å². The Balaban J connectivity index is 1.66. The van der Waals surface area contributed by atoms with Gasteiger partial charge >= 0.3 is 0 Å². The zero-order valence-corrected chi connectivity index (χ0v) is 15.5. The Bertz CT molecular complexity index is 717. The standard InChI is InChI=1S/C19H24BrN3O/c20-13-18(24)21-11-5-6-12-22-19-14-7-1-3-9-16(14)23-17-10-4-2-8-15(17)19/h1,3,7,9H,2,4-6,8,10-13H2,(H,21,24)(H,22,23). The molecule has 1 aliphatic rings. The van der Waals surface area contributed by atoms with E-state index in [4.69, 9.17) is 4.98 Å². The Morgan fingerprint density at radius 3 is 2.79 bits per heavy atom. The van der Waals surface area contributed by atoms with Crippen LogP contribution in [0, 0.1) is 0 Å². The summed E-state index contributed by atoms with van der Waals surface area (Å²) in [6, 6.07) is 8.40. The fraction of sp³-hybridized carbons (Fsp3) is 0.474. The Morgan fingerprint density at radius 1 is 1.12 bits per heavy atom. The van der Waals surface area contributed by atoms with E-state index in [1.165, 1.54) is 35.2 Å². The molecule has 1 aromatic heterocycles. The van der Waals surface area contributed by atoms with E-state index in [0.29, 0.717) is 5.33 Å².